The number of thiazole rings is 1. The Bertz CT molecular complexity index is 857. The first-order valence-electron chi connectivity index (χ1n) is 7.22. The van der Waals surface area contributed by atoms with Gasteiger partial charge in [0, 0.05) is 17.1 Å². The number of imidazole rings is 1. The number of aromatic nitrogens is 2. The summed E-state index contributed by atoms with van der Waals surface area (Å²) in [7, 11) is 0. The van der Waals surface area contributed by atoms with Crippen LogP contribution in [0.1, 0.15) is 26.5 Å². The van der Waals surface area contributed by atoms with Crippen LogP contribution in [0.3, 0.4) is 0 Å². The quantitative estimate of drug-likeness (QED) is 0.415. The summed E-state index contributed by atoms with van der Waals surface area (Å²) in [6, 6.07) is 9.86. The van der Waals surface area contributed by atoms with Gasteiger partial charge in [-0.1, -0.05) is 35.5 Å². The van der Waals surface area contributed by atoms with Gasteiger partial charge in [-0.25, -0.2) is 9.78 Å². The van der Waals surface area contributed by atoms with Crippen molar-refractivity contribution >= 4 is 28.5 Å². The Morgan fingerprint density at radius 3 is 2.74 bits per heavy atom. The van der Waals surface area contributed by atoms with Crippen molar-refractivity contribution in [1.29, 1.82) is 0 Å². The Kier molecular flexibility index (Phi) is 4.00. The molecule has 2 heterocycles. The molecule has 0 amide bonds. The maximum atomic E-state index is 11.8. The number of rotatable bonds is 3. The van der Waals surface area contributed by atoms with Gasteiger partial charge in [0.15, 0.2) is 4.96 Å². The molecule has 0 aliphatic heterocycles. The molecule has 0 bridgehead atoms. The third-order valence-corrected chi connectivity index (χ3v) is 4.03. The number of carbonyl (C=O) groups is 1. The van der Waals surface area contributed by atoms with E-state index in [0.29, 0.717) is 0 Å². The van der Waals surface area contributed by atoms with E-state index in [1.54, 1.807) is 38.3 Å². The van der Waals surface area contributed by atoms with Gasteiger partial charge in [-0.05, 0) is 20.8 Å². The molecule has 0 saturated carbocycles. The molecule has 1 aromatic carbocycles. The van der Waals surface area contributed by atoms with Crippen molar-refractivity contribution in [3.8, 4) is 11.3 Å². The van der Waals surface area contributed by atoms with Crippen molar-refractivity contribution < 1.29 is 9.63 Å². The summed E-state index contributed by atoms with van der Waals surface area (Å²) in [6.07, 6.45) is 3.46. The van der Waals surface area contributed by atoms with Gasteiger partial charge in [-0.2, -0.15) is 0 Å². The third kappa shape index (κ3) is 3.17. The Balaban J connectivity index is 1.96. The predicted molar refractivity (Wildman–Crippen MR) is 91.6 cm³/mol. The minimum atomic E-state index is -0.589. The topological polar surface area (TPSA) is 56.0 Å². The molecule has 3 aromatic rings. The van der Waals surface area contributed by atoms with E-state index in [0.717, 1.165) is 21.9 Å². The van der Waals surface area contributed by atoms with Crippen LogP contribution < -0.4 is 0 Å². The molecule has 23 heavy (non-hydrogen) atoms. The van der Waals surface area contributed by atoms with Gasteiger partial charge >= 0.3 is 5.97 Å². The van der Waals surface area contributed by atoms with Crippen LogP contribution in [-0.2, 0) is 9.63 Å². The molecule has 6 heteroatoms. The number of hydrogen-bond donors (Lipinski definition) is 0. The lowest BCUT2D eigenvalue weighted by Crippen LogP contribution is -2.21. The Morgan fingerprint density at radius 1 is 1.30 bits per heavy atom. The molecule has 0 unspecified atom stereocenters. The number of oxime groups is 1. The highest BCUT2D eigenvalue weighted by molar-refractivity contribution is 7.15. The monoisotopic (exact) mass is 327 g/mol. The van der Waals surface area contributed by atoms with Crippen molar-refractivity contribution in [2.24, 2.45) is 10.6 Å². The van der Waals surface area contributed by atoms with E-state index in [9.17, 15) is 4.79 Å². The fraction of sp³-hybridized carbons (Fsp3) is 0.235. The maximum Gasteiger partial charge on any atom is 0.340 e. The lowest BCUT2D eigenvalue weighted by atomic mass is 9.98. The van der Waals surface area contributed by atoms with E-state index in [1.165, 1.54) is 0 Å². The van der Waals surface area contributed by atoms with E-state index in [1.807, 2.05) is 46.3 Å². The summed E-state index contributed by atoms with van der Waals surface area (Å²) >= 11 is 1.54. The van der Waals surface area contributed by atoms with E-state index >= 15 is 0 Å². The van der Waals surface area contributed by atoms with Crippen molar-refractivity contribution in [3.63, 3.8) is 0 Å². The zero-order valence-electron chi connectivity index (χ0n) is 13.2. The predicted octanol–water partition coefficient (Wildman–Crippen LogP) is 3.99. The van der Waals surface area contributed by atoms with Crippen LogP contribution in [-0.4, -0.2) is 21.6 Å². The molecular weight excluding hydrogens is 310 g/mol. The second kappa shape index (κ2) is 5.96. The van der Waals surface area contributed by atoms with Gasteiger partial charge in [-0.3, -0.25) is 4.40 Å². The molecular formula is C17H17N3O2S. The standard InChI is InChI=1S/C17H17N3O2S/c1-17(2,3)15(21)22-18-11-13-14(12-7-5-4-6-8-12)19-16-20(13)9-10-23-16/h4-11H,1-3H3/b18-11+. The van der Waals surface area contributed by atoms with Crippen LogP contribution in [0.15, 0.2) is 47.1 Å². The van der Waals surface area contributed by atoms with Crippen LogP contribution in [0.4, 0.5) is 0 Å². The number of fused-ring (bicyclic) bond motifs is 1. The molecule has 0 spiro atoms. The highest BCUT2D eigenvalue weighted by atomic mass is 32.1. The van der Waals surface area contributed by atoms with Crippen LogP contribution in [0.5, 0.6) is 0 Å². The summed E-state index contributed by atoms with van der Waals surface area (Å²) in [5.74, 6) is -0.374. The van der Waals surface area contributed by atoms with Gasteiger partial charge in [0.25, 0.3) is 0 Å². The van der Waals surface area contributed by atoms with Crippen molar-refractivity contribution in [2.75, 3.05) is 0 Å². The first-order valence-corrected chi connectivity index (χ1v) is 8.10. The smallest absolute Gasteiger partial charge is 0.318 e. The molecule has 0 aliphatic rings. The Hall–Kier alpha value is -2.47. The van der Waals surface area contributed by atoms with E-state index in [-0.39, 0.29) is 5.97 Å². The number of hydrogen-bond acceptors (Lipinski definition) is 5. The normalized spacial score (nSPS) is 12.1. The average molecular weight is 327 g/mol. The molecule has 0 radical (unpaired) electrons. The summed E-state index contributed by atoms with van der Waals surface area (Å²) < 4.78 is 1.93. The fourth-order valence-corrected chi connectivity index (χ4v) is 2.72. The van der Waals surface area contributed by atoms with Crippen LogP contribution >= 0.6 is 11.3 Å². The molecule has 2 aromatic heterocycles. The molecule has 0 fully saturated rings. The zero-order valence-corrected chi connectivity index (χ0v) is 14.0. The van der Waals surface area contributed by atoms with Gasteiger partial charge in [0.05, 0.1) is 23.0 Å². The summed E-state index contributed by atoms with van der Waals surface area (Å²) in [5.41, 5.74) is 2.00. The lowest BCUT2D eigenvalue weighted by molar-refractivity contribution is -0.152. The maximum absolute atomic E-state index is 11.8. The highest BCUT2D eigenvalue weighted by Crippen LogP contribution is 2.25. The van der Waals surface area contributed by atoms with Gasteiger partial charge < -0.3 is 4.84 Å². The minimum Gasteiger partial charge on any atom is -0.318 e. The molecule has 5 nitrogen and oxygen atoms in total. The molecule has 0 aliphatic carbocycles. The first-order chi connectivity index (χ1) is 11.0. The second-order valence-electron chi connectivity index (χ2n) is 6.13. The van der Waals surface area contributed by atoms with Gasteiger partial charge in [0.2, 0.25) is 0 Å². The summed E-state index contributed by atoms with van der Waals surface area (Å²) in [5, 5.41) is 5.82. The number of benzene rings is 1. The minimum absolute atomic E-state index is 0.374. The Labute approximate surface area is 138 Å². The SMILES string of the molecule is CC(C)(C)C(=O)O/N=C/c1c(-c2ccccc2)nc2sccn12. The summed E-state index contributed by atoms with van der Waals surface area (Å²) in [4.78, 5) is 22.3. The first kappa shape index (κ1) is 15.4. The van der Waals surface area contributed by atoms with Crippen LogP contribution in [0, 0.1) is 5.41 Å². The van der Waals surface area contributed by atoms with Crippen molar-refractivity contribution in [2.45, 2.75) is 20.8 Å². The largest absolute Gasteiger partial charge is 0.340 e. The van der Waals surface area contributed by atoms with Crippen LogP contribution in [0.2, 0.25) is 0 Å². The van der Waals surface area contributed by atoms with Crippen molar-refractivity contribution in [3.05, 3.63) is 47.6 Å². The molecule has 0 saturated heterocycles. The van der Waals surface area contributed by atoms with Gasteiger partial charge in [0.1, 0.15) is 0 Å². The van der Waals surface area contributed by atoms with E-state index in [2.05, 4.69) is 10.1 Å². The molecule has 3 rings (SSSR count). The third-order valence-electron chi connectivity index (χ3n) is 3.27. The number of carbonyl (C=O) groups excluding carboxylic acids is 1. The second-order valence-corrected chi connectivity index (χ2v) is 7.00. The van der Waals surface area contributed by atoms with E-state index < -0.39 is 5.41 Å². The Morgan fingerprint density at radius 2 is 2.04 bits per heavy atom. The lowest BCUT2D eigenvalue weighted by Gasteiger charge is -2.12. The van der Waals surface area contributed by atoms with E-state index in [4.69, 9.17) is 4.84 Å². The molecule has 0 atom stereocenters. The molecule has 118 valence electrons. The summed E-state index contributed by atoms with van der Waals surface area (Å²) in [6.45, 7) is 5.36. The average Bonchev–Trinajstić information content (AvgIpc) is 3.09. The number of nitrogens with zero attached hydrogens (tertiary/aromatic N) is 3. The van der Waals surface area contributed by atoms with Crippen molar-refractivity contribution in [1.82, 2.24) is 9.38 Å². The zero-order chi connectivity index (χ0) is 16.4. The highest BCUT2D eigenvalue weighted by Gasteiger charge is 2.23. The van der Waals surface area contributed by atoms with Crippen LogP contribution in [0.25, 0.3) is 16.2 Å². The fourth-order valence-electron chi connectivity index (χ4n) is 2.00. The van der Waals surface area contributed by atoms with Gasteiger partial charge in [-0.15, -0.1) is 11.3 Å². The molecule has 0 N–H and O–H groups in total.